The first kappa shape index (κ1) is 13.3. The number of hydrogen-bond donors (Lipinski definition) is 2. The van der Waals surface area contributed by atoms with Gasteiger partial charge >= 0.3 is 0 Å². The van der Waals surface area contributed by atoms with Gasteiger partial charge in [0.1, 0.15) is 0 Å². The lowest BCUT2D eigenvalue weighted by Gasteiger charge is -2.09. The predicted octanol–water partition coefficient (Wildman–Crippen LogP) is 0.746. The SMILES string of the molecule is CCCCCC=C1C=C(C(N)=O)OC1C(N)=O. The number of hydrogen-bond acceptors (Lipinski definition) is 3. The van der Waals surface area contributed by atoms with Crippen LogP contribution in [0.1, 0.15) is 32.6 Å². The Hall–Kier alpha value is -1.78. The van der Waals surface area contributed by atoms with E-state index < -0.39 is 17.9 Å². The summed E-state index contributed by atoms with van der Waals surface area (Å²) in [5, 5.41) is 0. The van der Waals surface area contributed by atoms with Crippen molar-refractivity contribution in [1.82, 2.24) is 0 Å². The molecule has 0 saturated heterocycles. The summed E-state index contributed by atoms with van der Waals surface area (Å²) in [7, 11) is 0. The van der Waals surface area contributed by atoms with Gasteiger partial charge in [-0.05, 0) is 18.9 Å². The van der Waals surface area contributed by atoms with Crippen molar-refractivity contribution >= 4 is 11.8 Å². The summed E-state index contributed by atoms with van der Waals surface area (Å²) in [5.41, 5.74) is 10.9. The van der Waals surface area contributed by atoms with Gasteiger partial charge in [-0.3, -0.25) is 9.59 Å². The maximum Gasteiger partial charge on any atom is 0.283 e. The number of amides is 2. The van der Waals surface area contributed by atoms with Crippen molar-refractivity contribution < 1.29 is 14.3 Å². The molecule has 1 atom stereocenters. The lowest BCUT2D eigenvalue weighted by Crippen LogP contribution is -2.30. The van der Waals surface area contributed by atoms with Gasteiger partial charge in [-0.1, -0.05) is 25.8 Å². The van der Waals surface area contributed by atoms with E-state index in [1.54, 1.807) is 0 Å². The summed E-state index contributed by atoms with van der Waals surface area (Å²) in [6.45, 7) is 2.11. The van der Waals surface area contributed by atoms with E-state index in [0.29, 0.717) is 5.57 Å². The van der Waals surface area contributed by atoms with Crippen LogP contribution in [0.4, 0.5) is 0 Å². The zero-order valence-electron chi connectivity index (χ0n) is 9.94. The molecular formula is C12H18N2O3. The highest BCUT2D eigenvalue weighted by atomic mass is 16.5. The fraction of sp³-hybridized carbons (Fsp3) is 0.500. The highest BCUT2D eigenvalue weighted by Crippen LogP contribution is 2.23. The zero-order valence-corrected chi connectivity index (χ0v) is 9.94. The van der Waals surface area contributed by atoms with Crippen LogP contribution in [0.2, 0.25) is 0 Å². The fourth-order valence-corrected chi connectivity index (χ4v) is 1.64. The van der Waals surface area contributed by atoms with E-state index in [0.717, 1.165) is 25.7 Å². The van der Waals surface area contributed by atoms with Crippen LogP contribution in [-0.2, 0) is 14.3 Å². The van der Waals surface area contributed by atoms with Crippen molar-refractivity contribution in [2.75, 3.05) is 0 Å². The number of carbonyl (C=O) groups excluding carboxylic acids is 2. The number of rotatable bonds is 6. The second kappa shape index (κ2) is 6.08. The number of allylic oxidation sites excluding steroid dienone is 1. The monoisotopic (exact) mass is 238 g/mol. The van der Waals surface area contributed by atoms with E-state index in [-0.39, 0.29) is 5.76 Å². The van der Waals surface area contributed by atoms with Gasteiger partial charge in [0.25, 0.3) is 11.8 Å². The van der Waals surface area contributed by atoms with E-state index in [1.807, 2.05) is 6.08 Å². The summed E-state index contributed by atoms with van der Waals surface area (Å²) in [6.07, 6.45) is 6.60. The van der Waals surface area contributed by atoms with Crippen molar-refractivity contribution in [3.8, 4) is 0 Å². The minimum Gasteiger partial charge on any atom is -0.470 e. The van der Waals surface area contributed by atoms with Crippen molar-refractivity contribution in [3.63, 3.8) is 0 Å². The summed E-state index contributed by atoms with van der Waals surface area (Å²) in [6, 6.07) is 0. The average Bonchev–Trinajstić information content (AvgIpc) is 2.68. The van der Waals surface area contributed by atoms with Gasteiger partial charge < -0.3 is 16.2 Å². The maximum atomic E-state index is 11.1. The topological polar surface area (TPSA) is 95.4 Å². The van der Waals surface area contributed by atoms with Crippen LogP contribution >= 0.6 is 0 Å². The van der Waals surface area contributed by atoms with Crippen LogP contribution in [0.25, 0.3) is 0 Å². The molecule has 0 fully saturated rings. The van der Waals surface area contributed by atoms with E-state index in [2.05, 4.69) is 6.92 Å². The Morgan fingerprint density at radius 1 is 1.41 bits per heavy atom. The van der Waals surface area contributed by atoms with Crippen LogP contribution in [0.3, 0.4) is 0 Å². The predicted molar refractivity (Wildman–Crippen MR) is 63.6 cm³/mol. The lowest BCUT2D eigenvalue weighted by atomic mass is 10.1. The number of carbonyl (C=O) groups is 2. The minimum atomic E-state index is -0.876. The Labute approximate surface area is 100 Å². The molecule has 2 amide bonds. The molecule has 1 unspecified atom stereocenters. The van der Waals surface area contributed by atoms with Crippen molar-refractivity contribution in [3.05, 3.63) is 23.5 Å². The molecule has 0 radical (unpaired) electrons. The maximum absolute atomic E-state index is 11.1. The van der Waals surface area contributed by atoms with Gasteiger partial charge in [0, 0.05) is 5.57 Å². The second-order valence-corrected chi connectivity index (χ2v) is 3.97. The Balaban J connectivity index is 2.70. The highest BCUT2D eigenvalue weighted by Gasteiger charge is 2.30. The molecule has 17 heavy (non-hydrogen) atoms. The van der Waals surface area contributed by atoms with E-state index in [4.69, 9.17) is 16.2 Å². The lowest BCUT2D eigenvalue weighted by molar-refractivity contribution is -0.126. The standard InChI is InChI=1S/C12H18N2O3/c1-2-3-4-5-6-8-7-9(11(13)15)17-10(8)12(14)16/h6-7,10H,2-5H2,1H3,(H2,13,15)(H2,14,16). The number of nitrogens with two attached hydrogens (primary N) is 2. The minimum absolute atomic E-state index is 0.00413. The molecule has 5 heteroatoms. The molecule has 0 bridgehead atoms. The molecule has 0 aromatic carbocycles. The molecule has 1 aliphatic rings. The molecule has 0 aromatic rings. The van der Waals surface area contributed by atoms with Crippen LogP contribution in [-0.4, -0.2) is 17.9 Å². The largest absolute Gasteiger partial charge is 0.470 e. The molecule has 1 rings (SSSR count). The zero-order chi connectivity index (χ0) is 12.8. The van der Waals surface area contributed by atoms with E-state index in [1.165, 1.54) is 6.08 Å². The molecule has 0 spiro atoms. The molecule has 5 nitrogen and oxygen atoms in total. The summed E-state index contributed by atoms with van der Waals surface area (Å²) in [5.74, 6) is -1.30. The van der Waals surface area contributed by atoms with Crippen LogP contribution in [0.5, 0.6) is 0 Å². The van der Waals surface area contributed by atoms with Crippen LogP contribution < -0.4 is 11.5 Å². The Morgan fingerprint density at radius 2 is 2.12 bits per heavy atom. The first-order chi connectivity index (χ1) is 8.06. The van der Waals surface area contributed by atoms with E-state index >= 15 is 0 Å². The number of ether oxygens (including phenoxy) is 1. The van der Waals surface area contributed by atoms with Gasteiger partial charge in [-0.2, -0.15) is 0 Å². The Kier molecular flexibility index (Phi) is 4.75. The highest BCUT2D eigenvalue weighted by molar-refractivity contribution is 5.94. The van der Waals surface area contributed by atoms with Crippen LogP contribution in [0.15, 0.2) is 23.5 Å². The fourth-order valence-electron chi connectivity index (χ4n) is 1.64. The molecule has 0 aliphatic carbocycles. The third kappa shape index (κ3) is 3.62. The van der Waals surface area contributed by atoms with Gasteiger partial charge in [0.05, 0.1) is 0 Å². The molecule has 0 saturated carbocycles. The third-order valence-electron chi connectivity index (χ3n) is 2.53. The molecule has 1 heterocycles. The van der Waals surface area contributed by atoms with Gasteiger partial charge in [0.15, 0.2) is 5.76 Å². The average molecular weight is 238 g/mol. The first-order valence-corrected chi connectivity index (χ1v) is 5.73. The number of unbranched alkanes of at least 4 members (excludes halogenated alkanes) is 3. The van der Waals surface area contributed by atoms with Crippen molar-refractivity contribution in [2.24, 2.45) is 11.5 Å². The summed E-state index contributed by atoms with van der Waals surface area (Å²) >= 11 is 0. The first-order valence-electron chi connectivity index (χ1n) is 5.73. The molecule has 4 N–H and O–H groups in total. The summed E-state index contributed by atoms with van der Waals surface area (Å²) < 4.78 is 5.10. The molecule has 1 aliphatic heterocycles. The normalized spacial score (nSPS) is 21.1. The number of primary amides is 2. The van der Waals surface area contributed by atoms with Gasteiger partial charge in [0.2, 0.25) is 6.10 Å². The quantitative estimate of drug-likeness (QED) is 0.668. The summed E-state index contributed by atoms with van der Waals surface area (Å²) in [4.78, 5) is 22.1. The second-order valence-electron chi connectivity index (χ2n) is 3.97. The molecular weight excluding hydrogens is 220 g/mol. The Bertz CT molecular complexity index is 372. The molecule has 94 valence electrons. The molecule has 0 aromatic heterocycles. The smallest absolute Gasteiger partial charge is 0.283 e. The van der Waals surface area contributed by atoms with Crippen molar-refractivity contribution in [2.45, 2.75) is 38.7 Å². The van der Waals surface area contributed by atoms with Crippen molar-refractivity contribution in [1.29, 1.82) is 0 Å². The van der Waals surface area contributed by atoms with Gasteiger partial charge in [-0.25, -0.2) is 0 Å². The third-order valence-corrected chi connectivity index (χ3v) is 2.53. The van der Waals surface area contributed by atoms with Crippen LogP contribution in [0, 0.1) is 0 Å². The Morgan fingerprint density at radius 3 is 2.65 bits per heavy atom. The van der Waals surface area contributed by atoms with E-state index in [9.17, 15) is 9.59 Å². The van der Waals surface area contributed by atoms with Gasteiger partial charge in [-0.15, -0.1) is 0 Å².